The van der Waals surface area contributed by atoms with Gasteiger partial charge in [-0.2, -0.15) is 0 Å². The Morgan fingerprint density at radius 3 is 2.62 bits per heavy atom. The molecule has 1 amide bonds. The van der Waals surface area contributed by atoms with Crippen LogP contribution in [0.2, 0.25) is 0 Å². The maximum atomic E-state index is 12.4. The molecule has 0 atom stereocenters. The summed E-state index contributed by atoms with van der Waals surface area (Å²) in [5, 5.41) is 2.90. The van der Waals surface area contributed by atoms with Gasteiger partial charge in [-0.05, 0) is 43.2 Å². The third-order valence-electron chi connectivity index (χ3n) is 3.65. The minimum Gasteiger partial charge on any atom is -0.486 e. The predicted molar refractivity (Wildman–Crippen MR) is 81.3 cm³/mol. The van der Waals surface area contributed by atoms with Crippen molar-refractivity contribution >= 4 is 11.6 Å². The first-order valence-electron chi connectivity index (χ1n) is 6.92. The van der Waals surface area contributed by atoms with Gasteiger partial charge in [0, 0.05) is 17.3 Å². The maximum Gasteiger partial charge on any atom is 0.255 e. The monoisotopic (exact) mass is 283 g/mol. The van der Waals surface area contributed by atoms with Crippen LogP contribution in [0, 0.1) is 13.8 Å². The van der Waals surface area contributed by atoms with E-state index in [1.54, 1.807) is 6.07 Å². The molecule has 0 aliphatic carbocycles. The minimum absolute atomic E-state index is 0.118. The highest BCUT2D eigenvalue weighted by molar-refractivity contribution is 6.05. The Labute approximate surface area is 123 Å². The summed E-state index contributed by atoms with van der Waals surface area (Å²) >= 11 is 0. The fourth-order valence-electron chi connectivity index (χ4n) is 2.32. The van der Waals surface area contributed by atoms with Crippen LogP contribution >= 0.6 is 0 Å². The number of hydrogen-bond acceptors (Lipinski definition) is 3. The first-order valence-corrected chi connectivity index (χ1v) is 6.92. The standard InChI is InChI=1S/C17H17NO3/c1-11-4-3-5-14(12(11)2)17(19)18-13-6-7-15-16(10-13)21-9-8-20-15/h3-7,10H,8-9H2,1-2H3,(H,18,19). The number of nitrogens with one attached hydrogen (secondary N) is 1. The van der Waals surface area contributed by atoms with Crippen molar-refractivity contribution < 1.29 is 14.3 Å². The van der Waals surface area contributed by atoms with Crippen LogP contribution in [0.4, 0.5) is 5.69 Å². The van der Waals surface area contributed by atoms with Crippen LogP contribution in [-0.2, 0) is 0 Å². The molecule has 0 spiro atoms. The van der Waals surface area contributed by atoms with E-state index in [0.29, 0.717) is 36.0 Å². The molecule has 2 aromatic carbocycles. The van der Waals surface area contributed by atoms with Gasteiger partial charge in [0.15, 0.2) is 11.5 Å². The predicted octanol–water partition coefficient (Wildman–Crippen LogP) is 3.33. The fraction of sp³-hybridized carbons (Fsp3) is 0.235. The quantitative estimate of drug-likeness (QED) is 0.919. The molecule has 4 heteroatoms. The molecule has 0 unspecified atom stereocenters. The second kappa shape index (κ2) is 5.48. The lowest BCUT2D eigenvalue weighted by molar-refractivity contribution is 0.102. The molecule has 0 radical (unpaired) electrons. The van der Waals surface area contributed by atoms with E-state index in [4.69, 9.17) is 9.47 Å². The number of fused-ring (bicyclic) bond motifs is 1. The summed E-state index contributed by atoms with van der Waals surface area (Å²) < 4.78 is 11.0. The highest BCUT2D eigenvalue weighted by Crippen LogP contribution is 2.32. The van der Waals surface area contributed by atoms with E-state index in [1.165, 1.54) is 0 Å². The van der Waals surface area contributed by atoms with E-state index in [-0.39, 0.29) is 5.91 Å². The van der Waals surface area contributed by atoms with Gasteiger partial charge in [-0.1, -0.05) is 12.1 Å². The van der Waals surface area contributed by atoms with Crippen molar-refractivity contribution in [3.8, 4) is 11.5 Å². The molecule has 21 heavy (non-hydrogen) atoms. The third kappa shape index (κ3) is 2.70. The first-order chi connectivity index (χ1) is 10.1. The summed E-state index contributed by atoms with van der Waals surface area (Å²) in [6.45, 7) is 5.03. The SMILES string of the molecule is Cc1cccc(C(=O)Nc2ccc3c(c2)OCCO3)c1C. The van der Waals surface area contributed by atoms with Crippen LogP contribution in [0.5, 0.6) is 11.5 Å². The summed E-state index contributed by atoms with van der Waals surface area (Å²) in [5.74, 6) is 1.26. The third-order valence-corrected chi connectivity index (χ3v) is 3.65. The van der Waals surface area contributed by atoms with Crippen molar-refractivity contribution in [3.63, 3.8) is 0 Å². The zero-order valence-corrected chi connectivity index (χ0v) is 12.1. The van der Waals surface area contributed by atoms with Gasteiger partial charge >= 0.3 is 0 Å². The lowest BCUT2D eigenvalue weighted by Gasteiger charge is -2.19. The van der Waals surface area contributed by atoms with Crippen molar-refractivity contribution in [1.29, 1.82) is 0 Å². The van der Waals surface area contributed by atoms with Crippen LogP contribution in [-0.4, -0.2) is 19.1 Å². The van der Waals surface area contributed by atoms with E-state index >= 15 is 0 Å². The number of carbonyl (C=O) groups is 1. The number of aryl methyl sites for hydroxylation is 1. The molecular formula is C17H17NO3. The van der Waals surface area contributed by atoms with Crippen molar-refractivity contribution in [1.82, 2.24) is 0 Å². The van der Waals surface area contributed by atoms with Gasteiger partial charge in [0.2, 0.25) is 0 Å². The lowest BCUT2D eigenvalue weighted by Crippen LogP contribution is -2.17. The highest BCUT2D eigenvalue weighted by atomic mass is 16.6. The molecule has 1 N–H and O–H groups in total. The minimum atomic E-state index is -0.118. The number of benzene rings is 2. The van der Waals surface area contributed by atoms with Gasteiger partial charge in [0.25, 0.3) is 5.91 Å². The van der Waals surface area contributed by atoms with Gasteiger partial charge in [-0.3, -0.25) is 4.79 Å². The van der Waals surface area contributed by atoms with Crippen LogP contribution in [0.25, 0.3) is 0 Å². The Morgan fingerprint density at radius 1 is 1.05 bits per heavy atom. The summed E-state index contributed by atoms with van der Waals surface area (Å²) in [5.41, 5.74) is 3.48. The number of carbonyl (C=O) groups excluding carboxylic acids is 1. The molecule has 0 fully saturated rings. The van der Waals surface area contributed by atoms with Crippen molar-refractivity contribution in [2.45, 2.75) is 13.8 Å². The number of amides is 1. The summed E-state index contributed by atoms with van der Waals surface area (Å²) in [6, 6.07) is 11.1. The Hall–Kier alpha value is -2.49. The van der Waals surface area contributed by atoms with E-state index in [0.717, 1.165) is 11.1 Å². The lowest BCUT2D eigenvalue weighted by atomic mass is 10.0. The molecule has 0 aromatic heterocycles. The van der Waals surface area contributed by atoms with Crippen LogP contribution in [0.15, 0.2) is 36.4 Å². The molecule has 1 heterocycles. The Kier molecular flexibility index (Phi) is 3.52. The van der Waals surface area contributed by atoms with E-state index in [1.807, 2.05) is 44.2 Å². The summed E-state index contributed by atoms with van der Waals surface area (Å²) in [6.07, 6.45) is 0. The smallest absolute Gasteiger partial charge is 0.255 e. The maximum absolute atomic E-state index is 12.4. The molecule has 1 aliphatic heterocycles. The zero-order chi connectivity index (χ0) is 14.8. The normalized spacial score (nSPS) is 12.9. The molecule has 0 saturated carbocycles. The molecule has 0 bridgehead atoms. The summed E-state index contributed by atoms with van der Waals surface area (Å²) in [7, 11) is 0. The molecule has 1 aliphatic rings. The number of ether oxygens (including phenoxy) is 2. The van der Waals surface area contributed by atoms with Gasteiger partial charge in [0.1, 0.15) is 13.2 Å². The average molecular weight is 283 g/mol. The van der Waals surface area contributed by atoms with Gasteiger partial charge in [0.05, 0.1) is 0 Å². The Morgan fingerprint density at radius 2 is 1.81 bits per heavy atom. The van der Waals surface area contributed by atoms with Gasteiger partial charge < -0.3 is 14.8 Å². The largest absolute Gasteiger partial charge is 0.486 e. The second-order valence-electron chi connectivity index (χ2n) is 5.06. The molecule has 108 valence electrons. The molecule has 2 aromatic rings. The zero-order valence-electron chi connectivity index (χ0n) is 12.1. The average Bonchev–Trinajstić information content (AvgIpc) is 2.50. The fourth-order valence-corrected chi connectivity index (χ4v) is 2.32. The van der Waals surface area contributed by atoms with E-state index in [2.05, 4.69) is 5.32 Å². The highest BCUT2D eigenvalue weighted by Gasteiger charge is 2.14. The Balaban J connectivity index is 1.83. The number of anilines is 1. The molecular weight excluding hydrogens is 266 g/mol. The second-order valence-corrected chi connectivity index (χ2v) is 5.06. The topological polar surface area (TPSA) is 47.6 Å². The van der Waals surface area contributed by atoms with Crippen molar-refractivity contribution in [3.05, 3.63) is 53.1 Å². The number of hydrogen-bond donors (Lipinski definition) is 1. The van der Waals surface area contributed by atoms with Gasteiger partial charge in [-0.15, -0.1) is 0 Å². The first kappa shape index (κ1) is 13.5. The van der Waals surface area contributed by atoms with Crippen LogP contribution < -0.4 is 14.8 Å². The molecule has 3 rings (SSSR count). The van der Waals surface area contributed by atoms with Crippen LogP contribution in [0.1, 0.15) is 21.5 Å². The van der Waals surface area contributed by atoms with Crippen LogP contribution in [0.3, 0.4) is 0 Å². The van der Waals surface area contributed by atoms with Crippen molar-refractivity contribution in [2.24, 2.45) is 0 Å². The molecule has 0 saturated heterocycles. The summed E-state index contributed by atoms with van der Waals surface area (Å²) in [4.78, 5) is 12.4. The number of rotatable bonds is 2. The van der Waals surface area contributed by atoms with Crippen molar-refractivity contribution in [2.75, 3.05) is 18.5 Å². The van der Waals surface area contributed by atoms with E-state index in [9.17, 15) is 4.79 Å². The van der Waals surface area contributed by atoms with Gasteiger partial charge in [-0.25, -0.2) is 0 Å². The Bertz CT molecular complexity index is 694. The van der Waals surface area contributed by atoms with E-state index < -0.39 is 0 Å². The molecule has 4 nitrogen and oxygen atoms in total.